The summed E-state index contributed by atoms with van der Waals surface area (Å²) in [5.74, 6) is 4.19. The monoisotopic (exact) mass is 678 g/mol. The summed E-state index contributed by atoms with van der Waals surface area (Å²) < 4.78 is 12.7. The van der Waals surface area contributed by atoms with E-state index in [0.29, 0.717) is 0 Å². The molecule has 0 unspecified atom stereocenters. The largest absolute Gasteiger partial charge is 0.461 e. The van der Waals surface area contributed by atoms with E-state index in [-0.39, 0.29) is 0 Å². The number of hydrogen-bond acceptors (Lipinski definition) is 2. The van der Waals surface area contributed by atoms with E-state index in [1.165, 1.54) is 147 Å². The van der Waals surface area contributed by atoms with E-state index in [1.54, 1.807) is 0 Å². The third-order valence-electron chi connectivity index (χ3n) is 11.4. The van der Waals surface area contributed by atoms with Gasteiger partial charge < -0.3 is 8.83 Å². The van der Waals surface area contributed by atoms with Crippen LogP contribution in [0.3, 0.4) is 0 Å². The second-order valence-electron chi connectivity index (χ2n) is 15.2. The summed E-state index contributed by atoms with van der Waals surface area (Å²) >= 11 is 0. The van der Waals surface area contributed by atoms with Crippen LogP contribution in [0.5, 0.6) is 0 Å². The molecule has 266 valence electrons. The van der Waals surface area contributed by atoms with Gasteiger partial charge in [-0.25, -0.2) is 0 Å². The molecule has 0 saturated carbocycles. The molecule has 0 radical (unpaired) electrons. The van der Waals surface area contributed by atoms with E-state index < -0.39 is 0 Å². The molecular formula is C49H58O2. The highest BCUT2D eigenvalue weighted by molar-refractivity contribution is 6.02. The van der Waals surface area contributed by atoms with Gasteiger partial charge in [0.25, 0.3) is 0 Å². The van der Waals surface area contributed by atoms with Crippen molar-refractivity contribution in [2.75, 3.05) is 0 Å². The number of unbranched alkanes of at least 4 members (excludes halogenated alkanes) is 14. The van der Waals surface area contributed by atoms with Crippen molar-refractivity contribution >= 4 is 21.5 Å². The number of furan rings is 2. The lowest BCUT2D eigenvalue weighted by Gasteiger charge is -2.08. The molecule has 1 aliphatic carbocycles. The van der Waals surface area contributed by atoms with Crippen molar-refractivity contribution in [3.05, 3.63) is 108 Å². The van der Waals surface area contributed by atoms with Crippen molar-refractivity contribution in [1.82, 2.24) is 0 Å². The van der Waals surface area contributed by atoms with Gasteiger partial charge in [0, 0.05) is 24.0 Å². The Hall–Kier alpha value is -4.04. The maximum absolute atomic E-state index is 6.35. The van der Waals surface area contributed by atoms with Crippen LogP contribution in [0.15, 0.2) is 93.8 Å². The third-order valence-corrected chi connectivity index (χ3v) is 11.4. The van der Waals surface area contributed by atoms with Gasteiger partial charge in [0.05, 0.1) is 0 Å². The molecule has 0 amide bonds. The van der Waals surface area contributed by atoms with Gasteiger partial charge in [0.2, 0.25) is 0 Å². The number of benzene rings is 4. The second-order valence-corrected chi connectivity index (χ2v) is 15.2. The van der Waals surface area contributed by atoms with Gasteiger partial charge >= 0.3 is 0 Å². The van der Waals surface area contributed by atoms with Gasteiger partial charge in [0.1, 0.15) is 23.0 Å². The first-order valence-corrected chi connectivity index (χ1v) is 20.5. The lowest BCUT2D eigenvalue weighted by molar-refractivity contribution is 0.500. The van der Waals surface area contributed by atoms with Crippen molar-refractivity contribution in [3.63, 3.8) is 0 Å². The van der Waals surface area contributed by atoms with Gasteiger partial charge in [0.15, 0.2) is 0 Å². The molecule has 2 nitrogen and oxygen atoms in total. The summed E-state index contributed by atoms with van der Waals surface area (Å²) in [5, 5.41) is 5.27. The molecule has 0 spiro atoms. The van der Waals surface area contributed by atoms with Crippen molar-refractivity contribution in [2.45, 2.75) is 136 Å². The van der Waals surface area contributed by atoms with E-state index in [1.807, 2.05) is 0 Å². The maximum Gasteiger partial charge on any atom is 0.134 e. The van der Waals surface area contributed by atoms with Crippen molar-refractivity contribution in [3.8, 4) is 33.8 Å². The standard InChI is InChI=1S/C49H58O2/c1-3-5-7-9-11-13-15-17-19-40-25-31-48(50-40)38-23-27-42-36(33-38)21-29-44-45-30-22-37-34-39(24-28-43(37)47(45)35-46(42)44)49-32-26-41(51-49)20-18-16-14-12-10-8-6-4-2/h21-34H,3-20,35H2,1-2H3. The summed E-state index contributed by atoms with van der Waals surface area (Å²) in [7, 11) is 0. The van der Waals surface area contributed by atoms with Crippen LogP contribution in [0, 0.1) is 0 Å². The first-order valence-electron chi connectivity index (χ1n) is 20.5. The van der Waals surface area contributed by atoms with Gasteiger partial charge in [-0.2, -0.15) is 0 Å². The highest BCUT2D eigenvalue weighted by atomic mass is 16.3. The number of rotatable bonds is 20. The summed E-state index contributed by atoms with van der Waals surface area (Å²) in [6, 6.07) is 31.7. The van der Waals surface area contributed by atoms with Crippen LogP contribution < -0.4 is 0 Å². The molecule has 0 aliphatic heterocycles. The highest BCUT2D eigenvalue weighted by Crippen LogP contribution is 2.44. The van der Waals surface area contributed by atoms with Crippen molar-refractivity contribution in [1.29, 1.82) is 0 Å². The fourth-order valence-electron chi connectivity index (χ4n) is 8.36. The Morgan fingerprint density at radius 2 is 0.824 bits per heavy atom. The molecular weight excluding hydrogens is 621 g/mol. The molecule has 2 aromatic heterocycles. The molecule has 4 aromatic carbocycles. The lowest BCUT2D eigenvalue weighted by Crippen LogP contribution is -1.87. The molecule has 7 rings (SSSR count). The predicted octanol–water partition coefficient (Wildman–Crippen LogP) is 15.5. The van der Waals surface area contributed by atoms with Crippen LogP contribution in [-0.4, -0.2) is 0 Å². The zero-order valence-corrected chi connectivity index (χ0v) is 31.3. The smallest absolute Gasteiger partial charge is 0.134 e. The van der Waals surface area contributed by atoms with Gasteiger partial charge in [-0.15, -0.1) is 0 Å². The van der Waals surface area contributed by atoms with Gasteiger partial charge in [-0.3, -0.25) is 0 Å². The Morgan fingerprint density at radius 3 is 1.25 bits per heavy atom. The zero-order valence-electron chi connectivity index (χ0n) is 31.3. The summed E-state index contributed by atoms with van der Waals surface area (Å²) in [5.41, 5.74) is 7.96. The topological polar surface area (TPSA) is 26.3 Å². The Kier molecular flexibility index (Phi) is 12.1. The quantitative estimate of drug-likeness (QED) is 0.0750. The van der Waals surface area contributed by atoms with Crippen LogP contribution in [0.2, 0.25) is 0 Å². The van der Waals surface area contributed by atoms with Crippen LogP contribution >= 0.6 is 0 Å². The average molecular weight is 679 g/mol. The minimum atomic E-state index is 0.963. The second kappa shape index (κ2) is 17.5. The van der Waals surface area contributed by atoms with E-state index >= 15 is 0 Å². The van der Waals surface area contributed by atoms with Crippen LogP contribution in [0.25, 0.3) is 55.3 Å². The van der Waals surface area contributed by atoms with E-state index in [4.69, 9.17) is 8.83 Å². The van der Waals surface area contributed by atoms with Crippen LogP contribution in [0.4, 0.5) is 0 Å². The molecule has 51 heavy (non-hydrogen) atoms. The molecule has 0 bridgehead atoms. The molecule has 2 heteroatoms. The zero-order chi connectivity index (χ0) is 34.8. The first kappa shape index (κ1) is 35.4. The maximum atomic E-state index is 6.35. The predicted molar refractivity (Wildman–Crippen MR) is 218 cm³/mol. The van der Waals surface area contributed by atoms with Crippen LogP contribution in [-0.2, 0) is 19.3 Å². The fraction of sp³-hybridized carbons (Fsp3) is 0.429. The molecule has 2 heterocycles. The average Bonchev–Trinajstić information content (AvgIpc) is 3.92. The van der Waals surface area contributed by atoms with Gasteiger partial charge in [-0.1, -0.05) is 152 Å². The Labute approximate surface area is 306 Å². The summed E-state index contributed by atoms with van der Waals surface area (Å²) in [4.78, 5) is 0. The number of fused-ring (bicyclic) bond motifs is 7. The molecule has 0 atom stereocenters. The molecule has 0 saturated heterocycles. The van der Waals surface area contributed by atoms with Crippen LogP contribution in [0.1, 0.15) is 139 Å². The van der Waals surface area contributed by atoms with Crippen molar-refractivity contribution < 1.29 is 8.83 Å². The van der Waals surface area contributed by atoms with E-state index in [2.05, 4.69) is 98.8 Å². The number of hydrogen-bond donors (Lipinski definition) is 0. The third kappa shape index (κ3) is 8.54. The minimum Gasteiger partial charge on any atom is -0.461 e. The molecule has 6 aromatic rings. The fourth-order valence-corrected chi connectivity index (χ4v) is 8.36. The Morgan fingerprint density at radius 1 is 0.412 bits per heavy atom. The molecule has 0 fully saturated rings. The minimum absolute atomic E-state index is 0.963. The molecule has 1 aliphatic rings. The number of aryl methyl sites for hydroxylation is 2. The Bertz CT molecular complexity index is 1870. The Balaban J connectivity index is 0.979. The van der Waals surface area contributed by atoms with E-state index in [9.17, 15) is 0 Å². The first-order chi connectivity index (χ1) is 25.2. The SMILES string of the molecule is CCCCCCCCCCc1ccc(-c2ccc3c4c(ccc3c2)-c2ccc3cc(-c5ccc(CCCCCCCCCC)o5)ccc3c2C4)o1. The summed E-state index contributed by atoms with van der Waals surface area (Å²) in [6.07, 6.45) is 24.5. The normalized spacial score (nSPS) is 12.3. The molecule has 0 N–H and O–H groups in total. The van der Waals surface area contributed by atoms with Crippen molar-refractivity contribution in [2.24, 2.45) is 0 Å². The lowest BCUT2D eigenvalue weighted by atomic mass is 9.97. The highest BCUT2D eigenvalue weighted by Gasteiger charge is 2.23. The summed E-state index contributed by atoms with van der Waals surface area (Å²) in [6.45, 7) is 4.57. The van der Waals surface area contributed by atoms with Gasteiger partial charge in [-0.05, 0) is 99.5 Å². The van der Waals surface area contributed by atoms with E-state index in [0.717, 1.165) is 53.4 Å².